The Kier molecular flexibility index (Phi) is 7.40. The van der Waals surface area contributed by atoms with Crippen molar-refractivity contribution in [1.82, 2.24) is 9.03 Å². The van der Waals surface area contributed by atoms with Crippen LogP contribution in [0.1, 0.15) is 25.7 Å². The van der Waals surface area contributed by atoms with Gasteiger partial charge in [0.15, 0.2) is 0 Å². The highest BCUT2D eigenvalue weighted by Crippen LogP contribution is 2.30. The number of ether oxygens (including phenoxy) is 2. The highest BCUT2D eigenvalue weighted by Gasteiger charge is 2.34. The van der Waals surface area contributed by atoms with Gasteiger partial charge in [-0.15, -0.1) is 11.3 Å². The molecule has 1 aromatic carbocycles. The molecule has 2 aromatic rings. The molecule has 0 amide bonds. The summed E-state index contributed by atoms with van der Waals surface area (Å²) in [6, 6.07) is 7.61. The highest BCUT2D eigenvalue weighted by atomic mass is 32.2. The average molecular weight is 475 g/mol. The van der Waals surface area contributed by atoms with Crippen molar-refractivity contribution in [3.63, 3.8) is 0 Å². The molecular weight excluding hydrogens is 448 g/mol. The second-order valence-electron chi connectivity index (χ2n) is 6.90. The molecule has 30 heavy (non-hydrogen) atoms. The third-order valence-electron chi connectivity index (χ3n) is 5.06. The number of thiophene rings is 1. The van der Waals surface area contributed by atoms with Crippen molar-refractivity contribution in [1.29, 1.82) is 0 Å². The number of benzene rings is 1. The van der Waals surface area contributed by atoms with E-state index in [1.165, 1.54) is 42.0 Å². The van der Waals surface area contributed by atoms with Gasteiger partial charge < -0.3 is 9.47 Å². The molecular formula is C19H26N2O6S3. The minimum Gasteiger partial charge on any atom is -0.497 e. The summed E-state index contributed by atoms with van der Waals surface area (Å²) in [7, 11) is -4.57. The molecule has 8 nitrogen and oxygen atoms in total. The standard InChI is InChI=1S/C19H26N2O6S3/c1-26-16-8-9-17(27-2)18(14-16)29(22,23)20-11-10-15-6-3-4-12-21(15)30(24,25)19-7-5-13-28-19/h5,7-9,13-15,20H,3-4,6,10-12H2,1-2H3. The molecule has 1 aliphatic rings. The lowest BCUT2D eigenvalue weighted by molar-refractivity contribution is 0.242. The van der Waals surface area contributed by atoms with Crippen LogP contribution in [0.5, 0.6) is 11.5 Å². The smallest absolute Gasteiger partial charge is 0.252 e. The third-order valence-corrected chi connectivity index (χ3v) is 9.87. The zero-order chi connectivity index (χ0) is 21.8. The van der Waals surface area contributed by atoms with Crippen LogP contribution < -0.4 is 14.2 Å². The van der Waals surface area contributed by atoms with E-state index in [1.54, 1.807) is 23.6 Å². The summed E-state index contributed by atoms with van der Waals surface area (Å²) in [5, 5.41) is 1.74. The van der Waals surface area contributed by atoms with Gasteiger partial charge in [-0.05, 0) is 42.8 Å². The molecule has 166 valence electrons. The first-order valence-corrected chi connectivity index (χ1v) is 13.4. The van der Waals surface area contributed by atoms with Crippen LogP contribution in [-0.4, -0.2) is 54.5 Å². The molecule has 0 bridgehead atoms. The van der Waals surface area contributed by atoms with E-state index in [4.69, 9.17) is 9.47 Å². The van der Waals surface area contributed by atoms with Gasteiger partial charge >= 0.3 is 0 Å². The summed E-state index contributed by atoms with van der Waals surface area (Å²) in [5.74, 6) is 0.611. The van der Waals surface area contributed by atoms with Crippen molar-refractivity contribution < 1.29 is 26.3 Å². The van der Waals surface area contributed by atoms with Gasteiger partial charge in [0.2, 0.25) is 10.0 Å². The number of hydrogen-bond acceptors (Lipinski definition) is 7. The van der Waals surface area contributed by atoms with Crippen LogP contribution in [0.2, 0.25) is 0 Å². The number of hydrogen-bond donors (Lipinski definition) is 1. The number of sulfonamides is 2. The molecule has 1 atom stereocenters. The van der Waals surface area contributed by atoms with E-state index < -0.39 is 20.0 Å². The van der Waals surface area contributed by atoms with E-state index in [0.717, 1.165) is 12.8 Å². The van der Waals surface area contributed by atoms with Gasteiger partial charge in [0.1, 0.15) is 20.6 Å². The number of nitrogens with one attached hydrogen (secondary N) is 1. The normalized spacial score (nSPS) is 18.3. The van der Waals surface area contributed by atoms with Crippen LogP contribution in [0.3, 0.4) is 0 Å². The molecule has 0 radical (unpaired) electrons. The molecule has 1 aliphatic heterocycles. The number of rotatable bonds is 9. The Balaban J connectivity index is 1.71. The van der Waals surface area contributed by atoms with Crippen molar-refractivity contribution in [2.45, 2.75) is 40.8 Å². The first-order valence-electron chi connectivity index (χ1n) is 9.56. The fraction of sp³-hybridized carbons (Fsp3) is 0.474. The lowest BCUT2D eigenvalue weighted by atomic mass is 10.0. The number of methoxy groups -OCH3 is 2. The number of piperidine rings is 1. The van der Waals surface area contributed by atoms with E-state index in [0.29, 0.717) is 29.3 Å². The van der Waals surface area contributed by atoms with Crippen LogP contribution >= 0.6 is 11.3 Å². The maximum absolute atomic E-state index is 13.0. The Bertz CT molecular complexity index is 1050. The van der Waals surface area contributed by atoms with Gasteiger partial charge in [0, 0.05) is 25.2 Å². The molecule has 1 unspecified atom stereocenters. The van der Waals surface area contributed by atoms with Crippen molar-refractivity contribution in [2.75, 3.05) is 27.3 Å². The van der Waals surface area contributed by atoms with Gasteiger partial charge in [-0.1, -0.05) is 12.5 Å². The highest BCUT2D eigenvalue weighted by molar-refractivity contribution is 7.91. The summed E-state index contributed by atoms with van der Waals surface area (Å²) < 4.78 is 66.2. The zero-order valence-corrected chi connectivity index (χ0v) is 19.4. The first-order chi connectivity index (χ1) is 14.3. The predicted octanol–water partition coefficient (Wildman–Crippen LogP) is 2.68. The van der Waals surface area contributed by atoms with Crippen LogP contribution in [-0.2, 0) is 20.0 Å². The van der Waals surface area contributed by atoms with E-state index in [9.17, 15) is 16.8 Å². The Morgan fingerprint density at radius 3 is 2.60 bits per heavy atom. The lowest BCUT2D eigenvalue weighted by Crippen LogP contribution is -2.44. The van der Waals surface area contributed by atoms with Crippen molar-refractivity contribution in [3.05, 3.63) is 35.7 Å². The number of nitrogens with zero attached hydrogens (tertiary/aromatic N) is 1. The maximum atomic E-state index is 13.0. The topological polar surface area (TPSA) is 102 Å². The summed E-state index contributed by atoms with van der Waals surface area (Å²) in [6.45, 7) is 0.561. The molecule has 0 aliphatic carbocycles. The Hall–Kier alpha value is -1.66. The van der Waals surface area contributed by atoms with Crippen LogP contribution in [0.25, 0.3) is 0 Å². The molecule has 0 saturated carbocycles. The SMILES string of the molecule is COc1ccc(OC)c(S(=O)(=O)NCCC2CCCCN2S(=O)(=O)c2cccs2)c1. The maximum Gasteiger partial charge on any atom is 0.252 e. The fourth-order valence-corrected chi connectivity index (χ4v) is 7.61. The van der Waals surface area contributed by atoms with Crippen molar-refractivity contribution in [3.8, 4) is 11.5 Å². The first kappa shape index (κ1) is 23.0. The van der Waals surface area contributed by atoms with Gasteiger partial charge in [0.05, 0.1) is 14.2 Å². The second kappa shape index (κ2) is 9.65. The van der Waals surface area contributed by atoms with Crippen LogP contribution in [0, 0.1) is 0 Å². The predicted molar refractivity (Wildman–Crippen MR) is 115 cm³/mol. The zero-order valence-electron chi connectivity index (χ0n) is 16.9. The Labute approximate surface area is 181 Å². The minimum atomic E-state index is -3.85. The summed E-state index contributed by atoms with van der Waals surface area (Å²) in [5.41, 5.74) is 0. The average Bonchev–Trinajstić information content (AvgIpc) is 3.29. The summed E-state index contributed by atoms with van der Waals surface area (Å²) >= 11 is 1.19. The van der Waals surface area contributed by atoms with E-state index in [2.05, 4.69) is 4.72 Å². The molecule has 11 heteroatoms. The summed E-state index contributed by atoms with van der Waals surface area (Å²) in [4.78, 5) is -0.0175. The third kappa shape index (κ3) is 4.97. The van der Waals surface area contributed by atoms with Crippen LogP contribution in [0.15, 0.2) is 44.8 Å². The summed E-state index contributed by atoms with van der Waals surface area (Å²) in [6.07, 6.45) is 2.80. The van der Waals surface area contributed by atoms with Crippen LogP contribution in [0.4, 0.5) is 0 Å². The molecule has 1 fully saturated rings. The van der Waals surface area contributed by atoms with E-state index in [1.807, 2.05) is 0 Å². The molecule has 1 N–H and O–H groups in total. The lowest BCUT2D eigenvalue weighted by Gasteiger charge is -2.34. The fourth-order valence-electron chi connectivity index (χ4n) is 3.54. The van der Waals surface area contributed by atoms with Gasteiger partial charge in [0.25, 0.3) is 10.0 Å². The van der Waals surface area contributed by atoms with Gasteiger partial charge in [-0.2, -0.15) is 4.31 Å². The van der Waals surface area contributed by atoms with E-state index in [-0.39, 0.29) is 23.2 Å². The largest absolute Gasteiger partial charge is 0.497 e. The molecule has 3 rings (SSSR count). The van der Waals surface area contributed by atoms with Crippen molar-refractivity contribution >= 4 is 31.4 Å². The van der Waals surface area contributed by atoms with Gasteiger partial charge in [-0.3, -0.25) is 0 Å². The molecule has 0 spiro atoms. The van der Waals surface area contributed by atoms with E-state index >= 15 is 0 Å². The molecule has 1 aromatic heterocycles. The van der Waals surface area contributed by atoms with Gasteiger partial charge in [-0.25, -0.2) is 21.6 Å². The van der Waals surface area contributed by atoms with Crippen molar-refractivity contribution in [2.24, 2.45) is 0 Å². The quantitative estimate of drug-likeness (QED) is 0.600. The Morgan fingerprint density at radius 1 is 1.13 bits per heavy atom. The Morgan fingerprint density at radius 2 is 1.93 bits per heavy atom. The minimum absolute atomic E-state index is 0.0175. The second-order valence-corrected chi connectivity index (χ2v) is 11.7. The molecule has 1 saturated heterocycles. The molecule has 2 heterocycles. The monoisotopic (exact) mass is 474 g/mol.